The average Bonchev–Trinajstić information content (AvgIpc) is 2.47. The number of hydrogen-bond donors (Lipinski definition) is 0. The van der Waals surface area contributed by atoms with E-state index in [9.17, 15) is 9.90 Å². The van der Waals surface area contributed by atoms with Crippen LogP contribution in [0.5, 0.6) is 0 Å². The molecule has 0 aromatic heterocycles. The number of carbonyl (C=O) groups is 1. The molecule has 110 valence electrons. The average molecular weight is 273 g/mol. The van der Waals surface area contributed by atoms with Gasteiger partial charge in [-0.05, 0) is 42.2 Å². The van der Waals surface area contributed by atoms with Gasteiger partial charge < -0.3 is 9.90 Å². The first-order valence-corrected chi connectivity index (χ1v) is 7.99. The second-order valence-corrected chi connectivity index (χ2v) is 6.22. The number of hydrogen-bond acceptors (Lipinski definition) is 2. The first-order valence-electron chi connectivity index (χ1n) is 7.99. The maximum Gasteiger partial charge on any atom is 0.0715 e. The quantitative estimate of drug-likeness (QED) is 0.794. The van der Waals surface area contributed by atoms with Crippen LogP contribution in [0, 0.1) is 11.8 Å². The van der Waals surface area contributed by atoms with Crippen LogP contribution in [0.15, 0.2) is 24.3 Å². The summed E-state index contributed by atoms with van der Waals surface area (Å²) in [7, 11) is 0. The van der Waals surface area contributed by atoms with Crippen molar-refractivity contribution in [3.63, 3.8) is 0 Å². The van der Waals surface area contributed by atoms with Crippen molar-refractivity contribution in [2.75, 3.05) is 0 Å². The van der Waals surface area contributed by atoms with Crippen LogP contribution in [-0.2, 0) is 6.42 Å². The maximum absolute atomic E-state index is 10.7. The monoisotopic (exact) mass is 273 g/mol. The van der Waals surface area contributed by atoms with Crippen LogP contribution < -0.4 is 5.11 Å². The largest absolute Gasteiger partial charge is 0.545 e. The Hall–Kier alpha value is -1.31. The summed E-state index contributed by atoms with van der Waals surface area (Å²) in [4.78, 5) is 10.7. The summed E-state index contributed by atoms with van der Waals surface area (Å²) in [6.07, 6.45) is 10.6. The van der Waals surface area contributed by atoms with Gasteiger partial charge in [0.1, 0.15) is 0 Å². The molecule has 0 spiro atoms. The highest BCUT2D eigenvalue weighted by molar-refractivity contribution is 5.85. The molecule has 1 aromatic rings. The van der Waals surface area contributed by atoms with Gasteiger partial charge in [-0.3, -0.25) is 0 Å². The van der Waals surface area contributed by atoms with E-state index in [1.165, 1.54) is 50.5 Å². The lowest BCUT2D eigenvalue weighted by Crippen LogP contribution is -2.22. The minimum Gasteiger partial charge on any atom is -0.545 e. The molecular formula is C18H25O2-. The molecule has 0 radical (unpaired) electrons. The SMILES string of the molecule is CCCCC1CCC(Cc2ccc(C(=O)[O-])cc2)CC1. The van der Waals surface area contributed by atoms with Crippen LogP contribution in [0.2, 0.25) is 0 Å². The lowest BCUT2D eigenvalue weighted by atomic mass is 9.77. The third kappa shape index (κ3) is 4.36. The minimum atomic E-state index is -1.09. The zero-order chi connectivity index (χ0) is 14.4. The Kier molecular flexibility index (Phi) is 5.63. The van der Waals surface area contributed by atoms with Gasteiger partial charge >= 0.3 is 0 Å². The standard InChI is InChI=1S/C18H26O2/c1-2-3-4-14-5-7-15(8-6-14)13-16-9-11-17(12-10-16)18(19)20/h9-12,14-15H,2-8,13H2,1H3,(H,19,20)/p-1. The highest BCUT2D eigenvalue weighted by Crippen LogP contribution is 2.33. The summed E-state index contributed by atoms with van der Waals surface area (Å²) in [6, 6.07) is 7.21. The summed E-state index contributed by atoms with van der Waals surface area (Å²) in [5, 5.41) is 10.7. The maximum atomic E-state index is 10.7. The van der Waals surface area contributed by atoms with Gasteiger partial charge in [0.25, 0.3) is 0 Å². The molecular weight excluding hydrogens is 248 g/mol. The Morgan fingerprint density at radius 1 is 1.10 bits per heavy atom. The molecule has 2 heteroatoms. The van der Waals surface area contributed by atoms with Crippen molar-refractivity contribution in [3.05, 3.63) is 35.4 Å². The predicted molar refractivity (Wildman–Crippen MR) is 79.4 cm³/mol. The van der Waals surface area contributed by atoms with Crippen molar-refractivity contribution in [1.82, 2.24) is 0 Å². The highest BCUT2D eigenvalue weighted by atomic mass is 16.4. The third-order valence-corrected chi connectivity index (χ3v) is 4.65. The normalized spacial score (nSPS) is 22.6. The molecule has 1 fully saturated rings. The minimum absolute atomic E-state index is 0.275. The third-order valence-electron chi connectivity index (χ3n) is 4.65. The Labute approximate surface area is 122 Å². The van der Waals surface area contributed by atoms with Crippen molar-refractivity contribution in [1.29, 1.82) is 0 Å². The van der Waals surface area contributed by atoms with Gasteiger partial charge in [0.2, 0.25) is 0 Å². The molecule has 0 aliphatic heterocycles. The van der Waals surface area contributed by atoms with E-state index >= 15 is 0 Å². The number of unbranched alkanes of at least 4 members (excludes halogenated alkanes) is 1. The molecule has 20 heavy (non-hydrogen) atoms. The Bertz CT molecular complexity index is 414. The Morgan fingerprint density at radius 2 is 1.70 bits per heavy atom. The van der Waals surface area contributed by atoms with E-state index in [0.29, 0.717) is 0 Å². The van der Waals surface area contributed by atoms with Gasteiger partial charge in [-0.25, -0.2) is 0 Å². The second-order valence-electron chi connectivity index (χ2n) is 6.22. The molecule has 1 saturated carbocycles. The fraction of sp³-hybridized carbons (Fsp3) is 0.611. The van der Waals surface area contributed by atoms with E-state index < -0.39 is 5.97 Å². The van der Waals surface area contributed by atoms with E-state index in [2.05, 4.69) is 6.92 Å². The van der Waals surface area contributed by atoms with Gasteiger partial charge in [-0.15, -0.1) is 0 Å². The lowest BCUT2D eigenvalue weighted by molar-refractivity contribution is -0.255. The van der Waals surface area contributed by atoms with E-state index in [1.807, 2.05) is 12.1 Å². The molecule has 2 nitrogen and oxygen atoms in total. The summed E-state index contributed by atoms with van der Waals surface area (Å²) in [6.45, 7) is 2.27. The van der Waals surface area contributed by atoms with Crippen LogP contribution in [-0.4, -0.2) is 5.97 Å². The van der Waals surface area contributed by atoms with Gasteiger partial charge in [0.15, 0.2) is 0 Å². The molecule has 0 atom stereocenters. The lowest BCUT2D eigenvalue weighted by Gasteiger charge is -2.28. The van der Waals surface area contributed by atoms with Gasteiger partial charge in [-0.2, -0.15) is 0 Å². The predicted octanol–water partition coefficient (Wildman–Crippen LogP) is 3.59. The molecule has 1 aromatic carbocycles. The summed E-state index contributed by atoms with van der Waals surface area (Å²) in [5.74, 6) is 0.640. The smallest absolute Gasteiger partial charge is 0.0715 e. The summed E-state index contributed by atoms with van der Waals surface area (Å²) >= 11 is 0. The molecule has 0 N–H and O–H groups in total. The summed E-state index contributed by atoms with van der Waals surface area (Å²) < 4.78 is 0. The number of carboxylic acid groups (broad SMARTS) is 1. The molecule has 2 rings (SSSR count). The molecule has 1 aliphatic carbocycles. The van der Waals surface area contributed by atoms with Crippen LogP contribution in [0.25, 0.3) is 0 Å². The zero-order valence-corrected chi connectivity index (χ0v) is 12.4. The van der Waals surface area contributed by atoms with Crippen molar-refractivity contribution in [2.45, 2.75) is 58.3 Å². The van der Waals surface area contributed by atoms with Crippen molar-refractivity contribution < 1.29 is 9.90 Å². The fourth-order valence-corrected chi connectivity index (χ4v) is 3.33. The summed E-state index contributed by atoms with van der Waals surface area (Å²) in [5.41, 5.74) is 1.53. The van der Waals surface area contributed by atoms with E-state index in [1.54, 1.807) is 12.1 Å². The van der Waals surface area contributed by atoms with E-state index in [-0.39, 0.29) is 5.56 Å². The molecule has 0 heterocycles. The fourth-order valence-electron chi connectivity index (χ4n) is 3.33. The van der Waals surface area contributed by atoms with Crippen molar-refractivity contribution in [3.8, 4) is 0 Å². The van der Waals surface area contributed by atoms with Gasteiger partial charge in [-0.1, -0.05) is 63.3 Å². The number of carbonyl (C=O) groups excluding carboxylic acids is 1. The van der Waals surface area contributed by atoms with Crippen LogP contribution >= 0.6 is 0 Å². The highest BCUT2D eigenvalue weighted by Gasteiger charge is 2.20. The number of carboxylic acids is 1. The van der Waals surface area contributed by atoms with Crippen molar-refractivity contribution >= 4 is 5.97 Å². The molecule has 0 unspecified atom stereocenters. The van der Waals surface area contributed by atoms with Crippen LogP contribution in [0.4, 0.5) is 0 Å². The number of benzene rings is 1. The molecule has 1 aliphatic rings. The number of aromatic carboxylic acids is 1. The van der Waals surface area contributed by atoms with E-state index in [0.717, 1.165) is 18.3 Å². The Morgan fingerprint density at radius 3 is 2.25 bits per heavy atom. The van der Waals surface area contributed by atoms with Crippen molar-refractivity contribution in [2.24, 2.45) is 11.8 Å². The number of rotatable bonds is 6. The first kappa shape index (κ1) is 15.1. The van der Waals surface area contributed by atoms with Crippen LogP contribution in [0.3, 0.4) is 0 Å². The first-order chi connectivity index (χ1) is 9.69. The topological polar surface area (TPSA) is 40.1 Å². The zero-order valence-electron chi connectivity index (χ0n) is 12.4. The van der Waals surface area contributed by atoms with Crippen LogP contribution in [0.1, 0.15) is 67.8 Å². The van der Waals surface area contributed by atoms with Gasteiger partial charge in [0, 0.05) is 0 Å². The molecule has 0 bridgehead atoms. The molecule has 0 saturated heterocycles. The second kappa shape index (κ2) is 7.47. The Balaban J connectivity index is 1.79. The molecule has 0 amide bonds. The van der Waals surface area contributed by atoms with Gasteiger partial charge in [0.05, 0.1) is 5.97 Å². The van der Waals surface area contributed by atoms with E-state index in [4.69, 9.17) is 0 Å².